The van der Waals surface area contributed by atoms with Gasteiger partial charge in [0.1, 0.15) is 17.6 Å². The molecule has 1 N–H and O–H groups in total. The summed E-state index contributed by atoms with van der Waals surface area (Å²) < 4.78 is 16.4. The molecule has 0 aliphatic carbocycles. The van der Waals surface area contributed by atoms with E-state index in [0.29, 0.717) is 29.7 Å². The average Bonchev–Trinajstić information content (AvgIpc) is 3.19. The van der Waals surface area contributed by atoms with Crippen LogP contribution in [0.4, 0.5) is 0 Å². The van der Waals surface area contributed by atoms with Gasteiger partial charge in [0.2, 0.25) is 0 Å². The molecule has 28 heavy (non-hydrogen) atoms. The minimum atomic E-state index is -0.326. The molecule has 1 atom stereocenters. The average molecular weight is 401 g/mol. The minimum Gasteiger partial charge on any atom is -0.494 e. The van der Waals surface area contributed by atoms with Crippen LogP contribution < -0.4 is 14.8 Å². The summed E-state index contributed by atoms with van der Waals surface area (Å²) in [6.07, 6.45) is -0.220. The first kappa shape index (κ1) is 19.8. The zero-order valence-electron chi connectivity index (χ0n) is 15.6. The number of benzene rings is 2. The normalized spacial score (nSPS) is 11.7. The summed E-state index contributed by atoms with van der Waals surface area (Å²) in [6, 6.07) is 16.1. The van der Waals surface area contributed by atoms with Gasteiger partial charge in [-0.15, -0.1) is 0 Å². The van der Waals surface area contributed by atoms with Gasteiger partial charge in [-0.1, -0.05) is 16.8 Å². The van der Waals surface area contributed by atoms with Crippen molar-refractivity contribution in [3.8, 4) is 22.8 Å². The smallest absolute Gasteiger partial charge is 0.273 e. The van der Waals surface area contributed by atoms with E-state index in [2.05, 4.69) is 10.5 Å². The lowest BCUT2D eigenvalue weighted by Gasteiger charge is -2.15. The highest BCUT2D eigenvalue weighted by Gasteiger charge is 2.15. The topological polar surface area (TPSA) is 73.6 Å². The fourth-order valence-corrected chi connectivity index (χ4v) is 2.64. The van der Waals surface area contributed by atoms with Gasteiger partial charge in [-0.3, -0.25) is 4.79 Å². The zero-order chi connectivity index (χ0) is 19.9. The van der Waals surface area contributed by atoms with Crippen molar-refractivity contribution in [2.24, 2.45) is 0 Å². The lowest BCUT2D eigenvalue weighted by atomic mass is 10.1. The molecule has 0 spiro atoms. The molecule has 146 valence electrons. The van der Waals surface area contributed by atoms with Crippen molar-refractivity contribution in [2.75, 3.05) is 13.2 Å². The fraction of sp³-hybridized carbons (Fsp3) is 0.238. The Morgan fingerprint density at radius 2 is 1.82 bits per heavy atom. The number of nitrogens with zero attached hydrogens (tertiary/aromatic N) is 1. The summed E-state index contributed by atoms with van der Waals surface area (Å²) in [4.78, 5) is 12.3. The van der Waals surface area contributed by atoms with E-state index in [-0.39, 0.29) is 17.7 Å². The Morgan fingerprint density at radius 1 is 1.14 bits per heavy atom. The number of hydrogen-bond donors (Lipinski definition) is 1. The molecule has 0 radical (unpaired) electrons. The number of rotatable bonds is 8. The van der Waals surface area contributed by atoms with E-state index in [1.807, 2.05) is 38.1 Å². The molecule has 3 aromatic rings. The number of aromatic nitrogens is 1. The van der Waals surface area contributed by atoms with Crippen LogP contribution in [-0.4, -0.2) is 30.3 Å². The van der Waals surface area contributed by atoms with Gasteiger partial charge in [-0.25, -0.2) is 0 Å². The van der Waals surface area contributed by atoms with E-state index in [4.69, 9.17) is 25.6 Å². The second-order valence-electron chi connectivity index (χ2n) is 6.13. The maximum absolute atomic E-state index is 12.3. The van der Waals surface area contributed by atoms with E-state index < -0.39 is 0 Å². The van der Waals surface area contributed by atoms with E-state index in [0.717, 1.165) is 11.3 Å². The summed E-state index contributed by atoms with van der Waals surface area (Å²) in [5.74, 6) is 1.65. The van der Waals surface area contributed by atoms with Crippen molar-refractivity contribution in [2.45, 2.75) is 20.0 Å². The predicted octanol–water partition coefficient (Wildman–Crippen LogP) is 4.59. The van der Waals surface area contributed by atoms with Crippen LogP contribution >= 0.6 is 11.6 Å². The van der Waals surface area contributed by atoms with E-state index >= 15 is 0 Å². The molecule has 1 amide bonds. The highest BCUT2D eigenvalue weighted by molar-refractivity contribution is 6.30. The third kappa shape index (κ3) is 5.27. The highest BCUT2D eigenvalue weighted by atomic mass is 35.5. The number of nitrogens with one attached hydrogen (secondary N) is 1. The van der Waals surface area contributed by atoms with E-state index in [1.165, 1.54) is 0 Å². The Balaban J connectivity index is 1.54. The summed E-state index contributed by atoms with van der Waals surface area (Å²) >= 11 is 5.85. The number of carbonyl (C=O) groups is 1. The van der Waals surface area contributed by atoms with Gasteiger partial charge in [0.15, 0.2) is 11.5 Å². The minimum absolute atomic E-state index is 0.211. The van der Waals surface area contributed by atoms with Crippen molar-refractivity contribution in [1.29, 1.82) is 0 Å². The third-order valence-electron chi connectivity index (χ3n) is 3.89. The molecular formula is C21H21ClN2O4. The Labute approximate surface area is 168 Å². The first-order valence-corrected chi connectivity index (χ1v) is 9.33. The van der Waals surface area contributed by atoms with Gasteiger partial charge < -0.3 is 19.3 Å². The molecule has 1 unspecified atom stereocenters. The van der Waals surface area contributed by atoms with Crippen molar-refractivity contribution in [3.05, 3.63) is 65.3 Å². The van der Waals surface area contributed by atoms with Crippen LogP contribution in [0.15, 0.2) is 59.1 Å². The van der Waals surface area contributed by atoms with Crippen molar-refractivity contribution in [1.82, 2.24) is 10.5 Å². The molecule has 0 aliphatic rings. The number of ether oxygens (including phenoxy) is 2. The molecule has 3 rings (SSSR count). The zero-order valence-corrected chi connectivity index (χ0v) is 16.4. The van der Waals surface area contributed by atoms with Gasteiger partial charge in [-0.05, 0) is 62.4 Å². The van der Waals surface area contributed by atoms with Gasteiger partial charge >= 0.3 is 0 Å². The second-order valence-corrected chi connectivity index (χ2v) is 6.56. The number of carbonyl (C=O) groups excluding carboxylic acids is 1. The fourth-order valence-electron chi connectivity index (χ4n) is 2.51. The van der Waals surface area contributed by atoms with Crippen LogP contribution in [0.2, 0.25) is 5.02 Å². The van der Waals surface area contributed by atoms with E-state index in [1.54, 1.807) is 30.3 Å². The van der Waals surface area contributed by atoms with Crippen LogP contribution in [0.1, 0.15) is 24.3 Å². The lowest BCUT2D eigenvalue weighted by molar-refractivity contribution is 0.0923. The molecule has 0 aliphatic heterocycles. The SMILES string of the molecule is CCOc1ccc(-c2cc(C(=O)NCC(C)Oc3ccc(Cl)cc3)no2)cc1. The molecule has 6 nitrogen and oxygen atoms in total. The van der Waals surface area contributed by atoms with Crippen molar-refractivity contribution >= 4 is 17.5 Å². The van der Waals surface area contributed by atoms with Crippen LogP contribution in [-0.2, 0) is 0 Å². The van der Waals surface area contributed by atoms with Gasteiger partial charge in [0, 0.05) is 16.7 Å². The third-order valence-corrected chi connectivity index (χ3v) is 4.15. The largest absolute Gasteiger partial charge is 0.494 e. The van der Waals surface area contributed by atoms with Gasteiger partial charge in [0.05, 0.1) is 13.2 Å². The summed E-state index contributed by atoms with van der Waals surface area (Å²) in [5, 5.41) is 7.28. The van der Waals surface area contributed by atoms with Crippen LogP contribution in [0, 0.1) is 0 Å². The highest BCUT2D eigenvalue weighted by Crippen LogP contribution is 2.23. The molecule has 0 saturated carbocycles. The van der Waals surface area contributed by atoms with Crippen LogP contribution in [0.5, 0.6) is 11.5 Å². The first-order chi connectivity index (χ1) is 13.5. The number of halogens is 1. The Kier molecular flexibility index (Phi) is 6.55. The Bertz CT molecular complexity index is 907. The maximum atomic E-state index is 12.3. The molecule has 1 heterocycles. The molecule has 7 heteroatoms. The first-order valence-electron chi connectivity index (χ1n) is 8.95. The Morgan fingerprint density at radius 3 is 2.50 bits per heavy atom. The van der Waals surface area contributed by atoms with Crippen LogP contribution in [0.25, 0.3) is 11.3 Å². The predicted molar refractivity (Wildman–Crippen MR) is 107 cm³/mol. The molecule has 0 saturated heterocycles. The molecule has 1 aromatic heterocycles. The number of amides is 1. The maximum Gasteiger partial charge on any atom is 0.273 e. The van der Waals surface area contributed by atoms with Crippen molar-refractivity contribution < 1.29 is 18.8 Å². The molecule has 0 bridgehead atoms. The van der Waals surface area contributed by atoms with E-state index in [9.17, 15) is 4.79 Å². The van der Waals surface area contributed by atoms with Gasteiger partial charge in [-0.2, -0.15) is 0 Å². The Hall–Kier alpha value is -2.99. The molecular weight excluding hydrogens is 380 g/mol. The molecule has 2 aromatic carbocycles. The summed E-state index contributed by atoms with van der Waals surface area (Å²) in [5.41, 5.74) is 1.03. The quantitative estimate of drug-likeness (QED) is 0.598. The summed E-state index contributed by atoms with van der Waals surface area (Å²) in [7, 11) is 0. The lowest BCUT2D eigenvalue weighted by Crippen LogP contribution is -2.33. The standard InChI is InChI=1S/C21H21ClN2O4/c1-3-26-17-8-4-15(5-9-17)20-12-19(24-28-20)21(25)23-13-14(2)27-18-10-6-16(22)7-11-18/h4-12,14H,3,13H2,1-2H3,(H,23,25). The number of hydrogen-bond acceptors (Lipinski definition) is 5. The summed E-state index contributed by atoms with van der Waals surface area (Å²) in [6.45, 7) is 4.72. The van der Waals surface area contributed by atoms with Crippen molar-refractivity contribution in [3.63, 3.8) is 0 Å². The van der Waals surface area contributed by atoms with Gasteiger partial charge in [0.25, 0.3) is 5.91 Å². The second kappa shape index (κ2) is 9.28. The molecule has 0 fully saturated rings. The van der Waals surface area contributed by atoms with Crippen LogP contribution in [0.3, 0.4) is 0 Å². The monoisotopic (exact) mass is 400 g/mol.